The van der Waals surface area contributed by atoms with Gasteiger partial charge in [-0.15, -0.1) is 0 Å². The number of hydrogen-bond acceptors (Lipinski definition) is 2. The molecule has 0 amide bonds. The summed E-state index contributed by atoms with van der Waals surface area (Å²) in [7, 11) is 0. The molecule has 0 unspecified atom stereocenters. The van der Waals surface area contributed by atoms with E-state index in [1.807, 2.05) is 25.1 Å². The first kappa shape index (κ1) is 12.6. The summed E-state index contributed by atoms with van der Waals surface area (Å²) < 4.78 is 0. The van der Waals surface area contributed by atoms with Gasteiger partial charge in [0.25, 0.3) is 0 Å². The molecule has 0 aliphatic heterocycles. The third-order valence-electron chi connectivity index (χ3n) is 2.85. The van der Waals surface area contributed by atoms with Crippen LogP contribution in [0.2, 0.25) is 0 Å². The largest absolute Gasteiger partial charge is 0.638 e. The van der Waals surface area contributed by atoms with E-state index in [4.69, 9.17) is 4.84 Å². The van der Waals surface area contributed by atoms with Gasteiger partial charge in [0, 0.05) is 5.56 Å². The van der Waals surface area contributed by atoms with Gasteiger partial charge in [-0.05, 0) is 17.2 Å². The highest BCUT2D eigenvalue weighted by atomic mass is 16.7. The van der Waals surface area contributed by atoms with Crippen molar-refractivity contribution in [1.82, 2.24) is 0 Å². The zero-order valence-electron chi connectivity index (χ0n) is 10.6. The van der Waals surface area contributed by atoms with Crippen molar-refractivity contribution >= 4 is 16.7 Å². The number of carbonyl (C=O) groups is 1. The van der Waals surface area contributed by atoms with Gasteiger partial charge in [0.05, 0.1) is 4.79 Å². The first-order valence-electron chi connectivity index (χ1n) is 6.29. The molecule has 93 valence electrons. The quantitative estimate of drug-likeness (QED) is 0.647. The first-order chi connectivity index (χ1) is 8.81. The molecule has 0 aliphatic carbocycles. The van der Waals surface area contributed by atoms with Crippen LogP contribution in [-0.2, 0) is 16.2 Å². The molecule has 0 bridgehead atoms. The van der Waals surface area contributed by atoms with E-state index in [-0.39, 0.29) is 5.97 Å². The normalized spacial score (nSPS) is 10.5. The molecule has 0 saturated heterocycles. The van der Waals surface area contributed by atoms with Crippen LogP contribution in [0.25, 0.3) is 10.8 Å². The number of carbonyl (C=O) groups excluding carboxylic acids is 1. The van der Waals surface area contributed by atoms with E-state index in [9.17, 15) is 4.79 Å². The lowest BCUT2D eigenvalue weighted by Crippen LogP contribution is -2.82. The molecule has 3 heteroatoms. The van der Waals surface area contributed by atoms with Gasteiger partial charge in [0.2, 0.25) is 0 Å². The summed E-state index contributed by atoms with van der Waals surface area (Å²) in [5.41, 5.74) is 2.78. The van der Waals surface area contributed by atoms with Crippen LogP contribution in [0.15, 0.2) is 42.5 Å². The predicted octanol–water partition coefficient (Wildman–Crippen LogP) is 2.16. The third kappa shape index (κ3) is 3.08. The van der Waals surface area contributed by atoms with Gasteiger partial charge in [0.1, 0.15) is 6.42 Å². The molecular formula is C15H18NO2+2. The Morgan fingerprint density at radius 2 is 1.94 bits per heavy atom. The predicted molar refractivity (Wildman–Crippen MR) is 70.6 cm³/mol. The minimum absolute atomic E-state index is 0.155. The van der Waals surface area contributed by atoms with Crippen molar-refractivity contribution in [3.05, 3.63) is 48.0 Å². The molecule has 3 nitrogen and oxygen atoms in total. The molecular weight excluding hydrogens is 226 g/mol. The number of hydroxylamine groups is 1. The fourth-order valence-electron chi connectivity index (χ4n) is 1.96. The fourth-order valence-corrected chi connectivity index (χ4v) is 1.96. The summed E-state index contributed by atoms with van der Waals surface area (Å²) in [6, 6.07) is 14.4. The number of rotatable bonds is 5. The Morgan fingerprint density at radius 3 is 2.78 bits per heavy atom. The molecule has 0 spiro atoms. The van der Waals surface area contributed by atoms with Crippen LogP contribution in [0.5, 0.6) is 0 Å². The Morgan fingerprint density at radius 1 is 1.17 bits per heavy atom. The Labute approximate surface area is 107 Å². The van der Waals surface area contributed by atoms with Gasteiger partial charge in [-0.25, -0.2) is 0 Å². The summed E-state index contributed by atoms with van der Waals surface area (Å²) in [5, 5.41) is 2.42. The van der Waals surface area contributed by atoms with Gasteiger partial charge in [-0.1, -0.05) is 59.7 Å². The van der Waals surface area contributed by atoms with Crippen LogP contribution in [-0.4, -0.2) is 5.97 Å². The molecule has 0 aliphatic rings. The van der Waals surface area contributed by atoms with Crippen LogP contribution in [0.1, 0.15) is 25.3 Å². The molecule has 0 saturated carbocycles. The van der Waals surface area contributed by atoms with Crippen LogP contribution in [0.3, 0.4) is 0 Å². The monoisotopic (exact) mass is 244 g/mol. The van der Waals surface area contributed by atoms with E-state index < -0.39 is 0 Å². The van der Waals surface area contributed by atoms with E-state index in [0.29, 0.717) is 13.0 Å². The topological polar surface area (TPSA) is 45.7 Å². The Bertz CT molecular complexity index is 532. The lowest BCUT2D eigenvalue weighted by molar-refractivity contribution is -0.884. The zero-order valence-corrected chi connectivity index (χ0v) is 10.6. The second-order valence-corrected chi connectivity index (χ2v) is 4.25. The maximum absolute atomic E-state index is 11.2. The van der Waals surface area contributed by atoms with E-state index in [1.54, 1.807) is 5.48 Å². The zero-order chi connectivity index (χ0) is 12.8. The smallest absolute Gasteiger partial charge is 0.0896 e. The van der Waals surface area contributed by atoms with Gasteiger partial charge < -0.3 is 0 Å². The lowest BCUT2D eigenvalue weighted by Gasteiger charge is -2.02. The fraction of sp³-hybridized carbons (Fsp3) is 0.267. The lowest BCUT2D eigenvalue weighted by atomic mass is 10.1. The molecule has 1 radical (unpaired) electrons. The van der Waals surface area contributed by atoms with E-state index in [1.165, 1.54) is 16.3 Å². The molecule has 2 aromatic carbocycles. The standard InChI is InChI=1S/C15H17NO2/c1-2-6-15(17)18-16-11-13-9-5-8-12-7-3-4-10-14(12)13/h3-5,7-10,16H,2,6,11H2,1H3/q+1/p+1. The molecule has 2 N–H and O–H groups in total. The molecule has 0 heterocycles. The van der Waals surface area contributed by atoms with E-state index >= 15 is 0 Å². The molecule has 2 aromatic rings. The van der Waals surface area contributed by atoms with Gasteiger partial charge in [-0.3, -0.25) is 0 Å². The molecule has 0 aromatic heterocycles. The second kappa shape index (κ2) is 6.17. The maximum Gasteiger partial charge on any atom is 0.638 e. The van der Waals surface area contributed by atoms with Crippen molar-refractivity contribution in [2.75, 3.05) is 0 Å². The second-order valence-electron chi connectivity index (χ2n) is 4.25. The molecule has 2 rings (SSSR count). The summed E-state index contributed by atoms with van der Waals surface area (Å²) in [4.78, 5) is 16.3. The first-order valence-corrected chi connectivity index (χ1v) is 6.29. The number of nitrogens with two attached hydrogens (primary N) is 1. The van der Waals surface area contributed by atoms with E-state index in [0.717, 1.165) is 6.42 Å². The van der Waals surface area contributed by atoms with Gasteiger partial charge >= 0.3 is 5.97 Å². The van der Waals surface area contributed by atoms with E-state index in [2.05, 4.69) is 24.3 Å². The van der Waals surface area contributed by atoms with Crippen molar-refractivity contribution < 1.29 is 15.1 Å². The van der Waals surface area contributed by atoms with Gasteiger partial charge in [-0.2, -0.15) is 0 Å². The van der Waals surface area contributed by atoms with Crippen molar-refractivity contribution in [3.63, 3.8) is 0 Å². The number of quaternary nitrogens is 1. The minimum atomic E-state index is -0.155. The Hall–Kier alpha value is -1.87. The highest BCUT2D eigenvalue weighted by Gasteiger charge is 2.18. The molecule has 0 atom stereocenters. The third-order valence-corrected chi connectivity index (χ3v) is 2.85. The summed E-state index contributed by atoms with van der Waals surface area (Å²) >= 11 is 0. The summed E-state index contributed by atoms with van der Waals surface area (Å²) in [6.45, 7) is 2.61. The summed E-state index contributed by atoms with van der Waals surface area (Å²) in [5.74, 6) is -0.155. The number of fused-ring (bicyclic) bond motifs is 1. The Kier molecular flexibility index (Phi) is 4.31. The van der Waals surface area contributed by atoms with Crippen LogP contribution >= 0.6 is 0 Å². The molecule has 0 fully saturated rings. The number of hydrogen-bond donors (Lipinski definition) is 1. The highest BCUT2D eigenvalue weighted by molar-refractivity contribution is 5.85. The Balaban J connectivity index is 2.01. The van der Waals surface area contributed by atoms with Crippen LogP contribution < -0.4 is 5.48 Å². The minimum Gasteiger partial charge on any atom is -0.0896 e. The maximum atomic E-state index is 11.2. The average molecular weight is 244 g/mol. The van der Waals surface area contributed by atoms with Crippen molar-refractivity contribution in [2.45, 2.75) is 26.3 Å². The van der Waals surface area contributed by atoms with Gasteiger partial charge in [0.15, 0.2) is 6.54 Å². The average Bonchev–Trinajstić information content (AvgIpc) is 2.39. The van der Waals surface area contributed by atoms with Crippen LogP contribution in [0, 0.1) is 0 Å². The van der Waals surface area contributed by atoms with Crippen molar-refractivity contribution in [3.8, 4) is 0 Å². The molecule has 18 heavy (non-hydrogen) atoms. The van der Waals surface area contributed by atoms with Crippen molar-refractivity contribution in [1.29, 1.82) is 0 Å². The van der Waals surface area contributed by atoms with Crippen molar-refractivity contribution in [2.24, 2.45) is 0 Å². The number of benzene rings is 2. The van der Waals surface area contributed by atoms with Crippen LogP contribution in [0.4, 0.5) is 0 Å². The summed E-state index contributed by atoms with van der Waals surface area (Å²) in [6.07, 6.45) is 1.30. The SMILES string of the molecule is CCCC(=[O+])O[NH2+]Cc1cccc2ccccc12. The highest BCUT2D eigenvalue weighted by Crippen LogP contribution is 2.17.